The van der Waals surface area contributed by atoms with Crippen LogP contribution in [-0.2, 0) is 9.53 Å². The van der Waals surface area contributed by atoms with Gasteiger partial charge in [-0.25, -0.2) is 14.2 Å². The Morgan fingerprint density at radius 3 is 2.89 bits per heavy atom. The van der Waals surface area contributed by atoms with Crippen LogP contribution in [0.4, 0.5) is 10.2 Å². The summed E-state index contributed by atoms with van der Waals surface area (Å²) in [6.07, 6.45) is 0.873. The molecule has 0 saturated carbocycles. The molecule has 0 saturated heterocycles. The maximum absolute atomic E-state index is 12.9. The number of pyridine rings is 1. The summed E-state index contributed by atoms with van der Waals surface area (Å²) in [5.74, 6) is -2.49. The molecule has 0 radical (unpaired) electrons. The summed E-state index contributed by atoms with van der Waals surface area (Å²) in [7, 11) is 1.51. The maximum atomic E-state index is 12.9. The lowest BCUT2D eigenvalue weighted by Crippen LogP contribution is -2.32. The van der Waals surface area contributed by atoms with Crippen LogP contribution in [0, 0.1) is 5.82 Å². The summed E-state index contributed by atoms with van der Waals surface area (Å²) >= 11 is 0. The van der Waals surface area contributed by atoms with E-state index in [1.165, 1.54) is 7.11 Å². The van der Waals surface area contributed by atoms with E-state index in [9.17, 15) is 14.0 Å². The van der Waals surface area contributed by atoms with Crippen molar-refractivity contribution >= 4 is 17.7 Å². The van der Waals surface area contributed by atoms with Gasteiger partial charge in [0.05, 0.1) is 19.3 Å². The molecule has 19 heavy (non-hydrogen) atoms. The van der Waals surface area contributed by atoms with Crippen molar-refractivity contribution in [2.45, 2.75) is 0 Å². The van der Waals surface area contributed by atoms with Crippen molar-refractivity contribution in [2.24, 2.45) is 0 Å². The molecular formula is C11H14FN3O4. The molecule has 0 fully saturated rings. The van der Waals surface area contributed by atoms with Crippen LogP contribution in [0.2, 0.25) is 0 Å². The summed E-state index contributed by atoms with van der Waals surface area (Å²) < 4.78 is 17.6. The SMILES string of the molecule is COCCNC(=O)CNc1ncc(F)cc1C(=O)O. The Labute approximate surface area is 108 Å². The number of hydrogen-bond acceptors (Lipinski definition) is 5. The summed E-state index contributed by atoms with van der Waals surface area (Å²) in [4.78, 5) is 25.8. The predicted molar refractivity (Wildman–Crippen MR) is 64.5 cm³/mol. The van der Waals surface area contributed by atoms with Gasteiger partial charge in [0.2, 0.25) is 5.91 Å². The van der Waals surface area contributed by atoms with Crippen LogP contribution in [0.15, 0.2) is 12.3 Å². The molecule has 0 aromatic carbocycles. The topological polar surface area (TPSA) is 101 Å². The number of aromatic carboxylic acids is 1. The number of hydrogen-bond donors (Lipinski definition) is 3. The fourth-order valence-corrected chi connectivity index (χ4v) is 1.26. The fourth-order valence-electron chi connectivity index (χ4n) is 1.26. The van der Waals surface area contributed by atoms with E-state index in [2.05, 4.69) is 15.6 Å². The summed E-state index contributed by atoms with van der Waals surface area (Å²) in [6.45, 7) is 0.559. The zero-order valence-corrected chi connectivity index (χ0v) is 10.3. The van der Waals surface area contributed by atoms with Crippen LogP contribution in [-0.4, -0.2) is 48.8 Å². The number of carboxylic acids is 1. The Hall–Kier alpha value is -2.22. The lowest BCUT2D eigenvalue weighted by Gasteiger charge is -2.08. The largest absolute Gasteiger partial charge is 0.478 e. The van der Waals surface area contributed by atoms with E-state index >= 15 is 0 Å². The van der Waals surface area contributed by atoms with E-state index < -0.39 is 11.8 Å². The highest BCUT2D eigenvalue weighted by Gasteiger charge is 2.13. The number of carbonyl (C=O) groups excluding carboxylic acids is 1. The number of nitrogens with zero attached hydrogens (tertiary/aromatic N) is 1. The third-order valence-corrected chi connectivity index (χ3v) is 2.13. The van der Waals surface area contributed by atoms with Crippen LogP contribution in [0.1, 0.15) is 10.4 Å². The van der Waals surface area contributed by atoms with Gasteiger partial charge in [0, 0.05) is 13.7 Å². The van der Waals surface area contributed by atoms with E-state index in [4.69, 9.17) is 9.84 Å². The number of nitrogens with one attached hydrogen (secondary N) is 2. The van der Waals surface area contributed by atoms with Crippen molar-refractivity contribution in [3.05, 3.63) is 23.6 Å². The first-order chi connectivity index (χ1) is 9.04. The van der Waals surface area contributed by atoms with Crippen molar-refractivity contribution in [3.63, 3.8) is 0 Å². The first kappa shape index (κ1) is 14.8. The van der Waals surface area contributed by atoms with Gasteiger partial charge in [-0.3, -0.25) is 4.79 Å². The molecule has 0 unspecified atom stereocenters. The third-order valence-electron chi connectivity index (χ3n) is 2.13. The fraction of sp³-hybridized carbons (Fsp3) is 0.364. The molecule has 7 nitrogen and oxygen atoms in total. The summed E-state index contributed by atoms with van der Waals surface area (Å²) in [5.41, 5.74) is -0.329. The number of carboxylic acid groups (broad SMARTS) is 1. The van der Waals surface area contributed by atoms with E-state index in [0.717, 1.165) is 12.3 Å². The van der Waals surface area contributed by atoms with Crippen molar-refractivity contribution in [2.75, 3.05) is 32.1 Å². The number of aromatic nitrogens is 1. The number of rotatable bonds is 7. The van der Waals surface area contributed by atoms with Gasteiger partial charge in [-0.15, -0.1) is 0 Å². The lowest BCUT2D eigenvalue weighted by atomic mass is 10.2. The average molecular weight is 271 g/mol. The molecule has 1 aromatic heterocycles. The highest BCUT2D eigenvalue weighted by Crippen LogP contribution is 2.13. The normalized spacial score (nSPS) is 10.0. The number of ether oxygens (including phenoxy) is 1. The monoisotopic (exact) mass is 271 g/mol. The van der Waals surface area contributed by atoms with Crippen molar-refractivity contribution in [3.8, 4) is 0 Å². The molecule has 104 valence electrons. The van der Waals surface area contributed by atoms with E-state index in [1.54, 1.807) is 0 Å². The van der Waals surface area contributed by atoms with E-state index in [0.29, 0.717) is 13.2 Å². The molecule has 0 aliphatic heterocycles. The molecule has 1 rings (SSSR count). The Morgan fingerprint density at radius 1 is 1.53 bits per heavy atom. The van der Waals surface area contributed by atoms with Gasteiger partial charge < -0.3 is 20.5 Å². The van der Waals surface area contributed by atoms with Gasteiger partial charge in [-0.2, -0.15) is 0 Å². The second-order valence-corrected chi connectivity index (χ2v) is 3.55. The standard InChI is InChI=1S/C11H14FN3O4/c1-19-3-2-13-9(16)6-15-10-8(11(17)18)4-7(12)5-14-10/h4-5H,2-3,6H2,1H3,(H,13,16)(H,14,15)(H,17,18). The first-order valence-corrected chi connectivity index (χ1v) is 5.43. The Kier molecular flexibility index (Phi) is 5.68. The minimum atomic E-state index is -1.32. The van der Waals surface area contributed by atoms with Crippen LogP contribution < -0.4 is 10.6 Å². The highest BCUT2D eigenvalue weighted by molar-refractivity contribution is 5.93. The Bertz CT molecular complexity index is 467. The zero-order chi connectivity index (χ0) is 14.3. The molecule has 1 amide bonds. The minimum Gasteiger partial charge on any atom is -0.478 e. The minimum absolute atomic E-state index is 0.0595. The number of anilines is 1. The van der Waals surface area contributed by atoms with Gasteiger partial charge in [0.1, 0.15) is 17.2 Å². The van der Waals surface area contributed by atoms with E-state index in [-0.39, 0.29) is 23.8 Å². The van der Waals surface area contributed by atoms with E-state index in [1.807, 2.05) is 0 Å². The number of halogens is 1. The van der Waals surface area contributed by atoms with Gasteiger partial charge in [-0.1, -0.05) is 0 Å². The number of carbonyl (C=O) groups is 2. The molecule has 8 heteroatoms. The molecule has 1 heterocycles. The summed E-state index contributed by atoms with van der Waals surface area (Å²) in [5, 5.41) is 13.9. The molecule has 0 atom stereocenters. The first-order valence-electron chi connectivity index (χ1n) is 5.43. The highest BCUT2D eigenvalue weighted by atomic mass is 19.1. The second kappa shape index (κ2) is 7.27. The Morgan fingerprint density at radius 2 is 2.26 bits per heavy atom. The Balaban J connectivity index is 2.57. The molecular weight excluding hydrogens is 257 g/mol. The smallest absolute Gasteiger partial charge is 0.339 e. The molecule has 0 aliphatic carbocycles. The van der Waals surface area contributed by atoms with Crippen molar-refractivity contribution in [1.82, 2.24) is 10.3 Å². The predicted octanol–water partition coefficient (Wildman–Crippen LogP) is 0.0934. The van der Waals surface area contributed by atoms with Crippen LogP contribution in [0.3, 0.4) is 0 Å². The molecule has 0 aliphatic rings. The zero-order valence-electron chi connectivity index (χ0n) is 10.3. The quantitative estimate of drug-likeness (QED) is 0.608. The van der Waals surface area contributed by atoms with Crippen LogP contribution >= 0.6 is 0 Å². The van der Waals surface area contributed by atoms with Gasteiger partial charge in [0.25, 0.3) is 0 Å². The second-order valence-electron chi connectivity index (χ2n) is 3.55. The average Bonchev–Trinajstić information content (AvgIpc) is 2.37. The summed E-state index contributed by atoms with van der Waals surface area (Å²) in [6, 6.07) is 0.834. The van der Waals surface area contributed by atoms with Crippen LogP contribution in [0.25, 0.3) is 0 Å². The molecule has 0 spiro atoms. The number of methoxy groups -OCH3 is 1. The van der Waals surface area contributed by atoms with Crippen molar-refractivity contribution in [1.29, 1.82) is 0 Å². The van der Waals surface area contributed by atoms with Gasteiger partial charge in [-0.05, 0) is 6.07 Å². The molecule has 3 N–H and O–H groups in total. The van der Waals surface area contributed by atoms with Gasteiger partial charge in [0.15, 0.2) is 0 Å². The molecule has 0 bridgehead atoms. The van der Waals surface area contributed by atoms with Crippen molar-refractivity contribution < 1.29 is 23.8 Å². The van der Waals surface area contributed by atoms with Crippen LogP contribution in [0.5, 0.6) is 0 Å². The maximum Gasteiger partial charge on any atom is 0.339 e. The number of amides is 1. The third kappa shape index (κ3) is 4.88. The van der Waals surface area contributed by atoms with Gasteiger partial charge >= 0.3 is 5.97 Å². The molecule has 1 aromatic rings. The lowest BCUT2D eigenvalue weighted by molar-refractivity contribution is -0.119.